The van der Waals surface area contributed by atoms with Crippen LogP contribution in [0, 0.1) is 0 Å². The molecule has 0 saturated carbocycles. The lowest BCUT2D eigenvalue weighted by atomic mass is 10.2. The van der Waals surface area contributed by atoms with Gasteiger partial charge in [0.05, 0.1) is 30.0 Å². The van der Waals surface area contributed by atoms with Crippen LogP contribution in [0.2, 0.25) is 0 Å². The molecule has 0 bridgehead atoms. The zero-order valence-corrected chi connectivity index (χ0v) is 20.3. The number of thioether (sulfide) groups is 1. The van der Waals surface area contributed by atoms with Gasteiger partial charge in [0.2, 0.25) is 11.8 Å². The Kier molecular flexibility index (Phi) is 8.56. The fourth-order valence-electron chi connectivity index (χ4n) is 4.01. The predicted octanol–water partition coefficient (Wildman–Crippen LogP) is 2.88. The van der Waals surface area contributed by atoms with Gasteiger partial charge in [0, 0.05) is 38.3 Å². The second-order valence-corrected chi connectivity index (χ2v) is 9.13. The summed E-state index contributed by atoms with van der Waals surface area (Å²) in [6.45, 7) is 4.53. The summed E-state index contributed by atoms with van der Waals surface area (Å²) in [5.74, 6) is 1.55. The largest absolute Gasteiger partial charge is 0.379 e. The van der Waals surface area contributed by atoms with Crippen molar-refractivity contribution >= 4 is 40.3 Å². The van der Waals surface area contributed by atoms with Crippen LogP contribution in [-0.4, -0.2) is 65.4 Å². The van der Waals surface area contributed by atoms with Gasteiger partial charge in [-0.2, -0.15) is 11.8 Å². The molecular weight excluding hydrogens is 450 g/mol. The highest BCUT2D eigenvalue weighted by molar-refractivity contribution is 7.97. The topological polar surface area (TPSA) is 88.5 Å². The molecule has 8 nitrogen and oxygen atoms in total. The number of para-hydroxylation sites is 2. The summed E-state index contributed by atoms with van der Waals surface area (Å²) < 4.78 is 7.32. The van der Waals surface area contributed by atoms with Crippen LogP contribution in [0.4, 0.5) is 5.69 Å². The van der Waals surface area contributed by atoms with E-state index in [1.54, 1.807) is 11.8 Å². The second-order valence-electron chi connectivity index (χ2n) is 8.27. The minimum absolute atomic E-state index is 0.0130. The number of benzene rings is 2. The average molecular weight is 482 g/mol. The van der Waals surface area contributed by atoms with Crippen LogP contribution in [0.1, 0.15) is 17.8 Å². The van der Waals surface area contributed by atoms with Crippen molar-refractivity contribution in [3.8, 4) is 0 Å². The summed E-state index contributed by atoms with van der Waals surface area (Å²) in [6.07, 6.45) is 2.47. The van der Waals surface area contributed by atoms with Gasteiger partial charge in [0.15, 0.2) is 0 Å². The number of carbonyl (C=O) groups excluding carboxylic acids is 2. The molecule has 180 valence electrons. The lowest BCUT2D eigenvalue weighted by Crippen LogP contribution is -2.38. The summed E-state index contributed by atoms with van der Waals surface area (Å²) >= 11 is 1.68. The summed E-state index contributed by atoms with van der Waals surface area (Å²) in [7, 11) is 0. The van der Waals surface area contributed by atoms with E-state index in [4.69, 9.17) is 4.74 Å². The number of ether oxygens (including phenoxy) is 1. The van der Waals surface area contributed by atoms with E-state index in [0.717, 1.165) is 66.7 Å². The molecular formula is C25H31N5O3S. The third-order valence-electron chi connectivity index (χ3n) is 5.77. The lowest BCUT2D eigenvalue weighted by molar-refractivity contribution is -0.121. The fourth-order valence-corrected chi connectivity index (χ4v) is 4.49. The monoisotopic (exact) mass is 481 g/mol. The summed E-state index contributed by atoms with van der Waals surface area (Å²) in [4.78, 5) is 32.0. The standard InChI is InChI=1S/C25H31N5O3S/c1-34-18-23-28-21-7-2-3-8-22(21)30(23)17-25(32)26-16-19-5-4-6-20(15-19)27-24(31)9-10-29-11-13-33-14-12-29/h2-8,15H,9-14,16-18H2,1H3,(H,26,32)(H,27,31). The second kappa shape index (κ2) is 12.0. The number of rotatable bonds is 10. The Hall–Kier alpha value is -2.88. The third-order valence-corrected chi connectivity index (χ3v) is 6.31. The molecule has 0 atom stereocenters. The minimum Gasteiger partial charge on any atom is -0.379 e. The van der Waals surface area contributed by atoms with E-state index in [-0.39, 0.29) is 18.4 Å². The van der Waals surface area contributed by atoms with Crippen molar-refractivity contribution in [2.45, 2.75) is 25.3 Å². The molecule has 2 aromatic carbocycles. The third kappa shape index (κ3) is 6.59. The number of amides is 2. The molecule has 2 N–H and O–H groups in total. The number of morpholine rings is 1. The number of imidazole rings is 1. The maximum atomic E-state index is 12.7. The Morgan fingerprint density at radius 1 is 1.09 bits per heavy atom. The maximum Gasteiger partial charge on any atom is 0.240 e. The highest BCUT2D eigenvalue weighted by Gasteiger charge is 2.14. The molecule has 0 radical (unpaired) electrons. The Morgan fingerprint density at radius 3 is 2.74 bits per heavy atom. The van der Waals surface area contributed by atoms with E-state index in [0.29, 0.717) is 13.0 Å². The SMILES string of the molecule is CSCc1nc2ccccc2n1CC(=O)NCc1cccc(NC(=O)CCN2CCOCC2)c1. The Balaban J connectivity index is 1.30. The van der Waals surface area contributed by atoms with Gasteiger partial charge in [-0.15, -0.1) is 0 Å². The molecule has 0 spiro atoms. The molecule has 1 aliphatic heterocycles. The molecule has 3 aromatic rings. The van der Waals surface area contributed by atoms with Gasteiger partial charge in [0.1, 0.15) is 12.4 Å². The number of nitrogens with one attached hydrogen (secondary N) is 2. The average Bonchev–Trinajstić information content (AvgIpc) is 3.19. The van der Waals surface area contributed by atoms with Gasteiger partial charge in [-0.25, -0.2) is 4.98 Å². The van der Waals surface area contributed by atoms with E-state index in [2.05, 4.69) is 20.5 Å². The summed E-state index contributed by atoms with van der Waals surface area (Å²) in [5, 5.41) is 5.96. The molecule has 1 aromatic heterocycles. The maximum absolute atomic E-state index is 12.7. The Morgan fingerprint density at radius 2 is 1.91 bits per heavy atom. The van der Waals surface area contributed by atoms with Crippen molar-refractivity contribution in [3.63, 3.8) is 0 Å². The molecule has 34 heavy (non-hydrogen) atoms. The first-order chi connectivity index (χ1) is 16.6. The van der Waals surface area contributed by atoms with Gasteiger partial charge >= 0.3 is 0 Å². The van der Waals surface area contributed by atoms with Crippen molar-refractivity contribution < 1.29 is 14.3 Å². The highest BCUT2D eigenvalue weighted by atomic mass is 32.2. The van der Waals surface area contributed by atoms with Crippen LogP contribution >= 0.6 is 11.8 Å². The first kappa shape index (κ1) is 24.3. The Bertz CT molecular complexity index is 1130. The van der Waals surface area contributed by atoms with E-state index in [1.165, 1.54) is 0 Å². The minimum atomic E-state index is -0.0783. The quantitative estimate of drug-likeness (QED) is 0.463. The lowest BCUT2D eigenvalue weighted by Gasteiger charge is -2.26. The van der Waals surface area contributed by atoms with Crippen molar-refractivity contribution in [1.82, 2.24) is 19.8 Å². The molecule has 1 aliphatic rings. The van der Waals surface area contributed by atoms with Crippen LogP contribution in [0.3, 0.4) is 0 Å². The van der Waals surface area contributed by atoms with Crippen molar-refractivity contribution in [3.05, 3.63) is 59.9 Å². The van der Waals surface area contributed by atoms with E-state index >= 15 is 0 Å². The molecule has 0 unspecified atom stereocenters. The molecule has 2 amide bonds. The van der Waals surface area contributed by atoms with Crippen LogP contribution in [0.25, 0.3) is 11.0 Å². The number of nitrogens with zero attached hydrogens (tertiary/aromatic N) is 3. The van der Waals surface area contributed by atoms with E-state index in [1.807, 2.05) is 59.4 Å². The van der Waals surface area contributed by atoms with Crippen LogP contribution < -0.4 is 10.6 Å². The molecule has 9 heteroatoms. The predicted molar refractivity (Wildman–Crippen MR) is 136 cm³/mol. The number of fused-ring (bicyclic) bond motifs is 1. The number of aromatic nitrogens is 2. The van der Waals surface area contributed by atoms with E-state index in [9.17, 15) is 9.59 Å². The first-order valence-corrected chi connectivity index (χ1v) is 12.9. The molecule has 1 saturated heterocycles. The van der Waals surface area contributed by atoms with Gasteiger partial charge in [-0.1, -0.05) is 24.3 Å². The first-order valence-electron chi connectivity index (χ1n) is 11.5. The van der Waals surface area contributed by atoms with Gasteiger partial charge < -0.3 is 19.9 Å². The summed E-state index contributed by atoms with van der Waals surface area (Å²) in [6, 6.07) is 15.5. The van der Waals surface area contributed by atoms with Crippen molar-refractivity contribution in [1.29, 1.82) is 0 Å². The Labute approximate surface area is 204 Å². The van der Waals surface area contributed by atoms with Gasteiger partial charge in [0.25, 0.3) is 0 Å². The van der Waals surface area contributed by atoms with Crippen LogP contribution in [0.15, 0.2) is 48.5 Å². The van der Waals surface area contributed by atoms with E-state index < -0.39 is 0 Å². The summed E-state index contributed by atoms with van der Waals surface area (Å²) in [5.41, 5.74) is 3.53. The molecule has 0 aliphatic carbocycles. The number of carbonyl (C=O) groups is 2. The van der Waals surface area contributed by atoms with Crippen molar-refractivity contribution in [2.75, 3.05) is 44.4 Å². The van der Waals surface area contributed by atoms with Crippen LogP contribution in [-0.2, 0) is 33.2 Å². The number of hydrogen-bond donors (Lipinski definition) is 2. The normalized spacial score (nSPS) is 14.3. The van der Waals surface area contributed by atoms with Gasteiger partial charge in [-0.05, 0) is 36.1 Å². The van der Waals surface area contributed by atoms with Gasteiger partial charge in [-0.3, -0.25) is 14.5 Å². The molecule has 1 fully saturated rings. The molecule has 4 rings (SSSR count). The smallest absolute Gasteiger partial charge is 0.240 e. The van der Waals surface area contributed by atoms with Crippen LogP contribution in [0.5, 0.6) is 0 Å². The number of anilines is 1. The molecule has 2 heterocycles. The highest BCUT2D eigenvalue weighted by Crippen LogP contribution is 2.19. The number of hydrogen-bond acceptors (Lipinski definition) is 6. The zero-order chi connectivity index (χ0) is 23.8. The zero-order valence-electron chi connectivity index (χ0n) is 19.5. The fraction of sp³-hybridized carbons (Fsp3) is 0.400. The van der Waals surface area contributed by atoms with Crippen molar-refractivity contribution in [2.24, 2.45) is 0 Å².